The van der Waals surface area contributed by atoms with Gasteiger partial charge in [0.05, 0.1) is 11.3 Å². The monoisotopic (exact) mass is 350 g/mol. The zero-order valence-corrected chi connectivity index (χ0v) is 14.3. The van der Waals surface area contributed by atoms with Gasteiger partial charge in [-0.25, -0.2) is 0 Å². The number of rotatable bonds is 4. The molecular weight excluding hydrogens is 332 g/mol. The van der Waals surface area contributed by atoms with Crippen molar-refractivity contribution in [1.82, 2.24) is 5.32 Å². The van der Waals surface area contributed by atoms with Crippen LogP contribution in [0, 0.1) is 0 Å². The summed E-state index contributed by atoms with van der Waals surface area (Å²) in [6, 6.07) is 11.2. The maximum Gasteiger partial charge on any atom is 0.313 e. The van der Waals surface area contributed by atoms with Crippen LogP contribution in [0.15, 0.2) is 42.5 Å². The standard InChI is InChI=1S/C20H18N2O4/c1-2-3-11-21-19(25)20(26)22-15-10-6-9-14-16(15)18(24)13-8-5-4-7-12(13)17(14)23/h4-10H,2-3,11H2,1H3,(H,21,25)(H,22,26). The van der Waals surface area contributed by atoms with Crippen molar-refractivity contribution >= 4 is 29.1 Å². The third-order valence-electron chi connectivity index (χ3n) is 4.22. The first-order chi connectivity index (χ1) is 12.5. The minimum Gasteiger partial charge on any atom is -0.348 e. The van der Waals surface area contributed by atoms with E-state index in [-0.39, 0.29) is 28.4 Å². The largest absolute Gasteiger partial charge is 0.348 e. The predicted molar refractivity (Wildman–Crippen MR) is 96.3 cm³/mol. The van der Waals surface area contributed by atoms with Gasteiger partial charge in [-0.2, -0.15) is 0 Å². The van der Waals surface area contributed by atoms with Gasteiger partial charge in [-0.3, -0.25) is 19.2 Å². The van der Waals surface area contributed by atoms with Crippen LogP contribution in [-0.2, 0) is 9.59 Å². The minimum absolute atomic E-state index is 0.117. The van der Waals surface area contributed by atoms with E-state index in [4.69, 9.17) is 0 Å². The summed E-state index contributed by atoms with van der Waals surface area (Å²) in [6.45, 7) is 2.38. The molecule has 2 N–H and O–H groups in total. The molecule has 0 heterocycles. The van der Waals surface area contributed by atoms with Crippen LogP contribution in [0.25, 0.3) is 0 Å². The Balaban J connectivity index is 1.90. The van der Waals surface area contributed by atoms with Gasteiger partial charge in [0.1, 0.15) is 0 Å². The topological polar surface area (TPSA) is 92.3 Å². The predicted octanol–water partition coefficient (Wildman–Crippen LogP) is 2.32. The van der Waals surface area contributed by atoms with Gasteiger partial charge in [-0.05, 0) is 12.5 Å². The molecule has 0 unspecified atom stereocenters. The van der Waals surface area contributed by atoms with Crippen molar-refractivity contribution in [2.45, 2.75) is 19.8 Å². The highest BCUT2D eigenvalue weighted by molar-refractivity contribution is 6.40. The molecule has 0 atom stereocenters. The average Bonchev–Trinajstić information content (AvgIpc) is 2.66. The summed E-state index contributed by atoms with van der Waals surface area (Å²) in [6.07, 6.45) is 1.66. The Morgan fingerprint density at radius 3 is 2.19 bits per heavy atom. The van der Waals surface area contributed by atoms with Crippen molar-refractivity contribution in [2.24, 2.45) is 0 Å². The van der Waals surface area contributed by atoms with E-state index >= 15 is 0 Å². The Bertz CT molecular complexity index is 918. The molecule has 0 saturated carbocycles. The van der Waals surface area contributed by atoms with E-state index in [9.17, 15) is 19.2 Å². The molecule has 3 rings (SSSR count). The van der Waals surface area contributed by atoms with E-state index in [1.165, 1.54) is 6.07 Å². The number of fused-ring (bicyclic) bond motifs is 2. The fraction of sp³-hybridized carbons (Fsp3) is 0.200. The second-order valence-corrected chi connectivity index (χ2v) is 6.00. The molecule has 2 amide bonds. The Morgan fingerprint density at radius 2 is 1.50 bits per heavy atom. The van der Waals surface area contributed by atoms with Crippen molar-refractivity contribution in [3.8, 4) is 0 Å². The summed E-state index contributed by atoms with van der Waals surface area (Å²) in [5.74, 6) is -2.27. The zero-order valence-electron chi connectivity index (χ0n) is 14.3. The van der Waals surface area contributed by atoms with Crippen molar-refractivity contribution in [1.29, 1.82) is 0 Å². The van der Waals surface area contributed by atoms with E-state index < -0.39 is 11.8 Å². The third kappa shape index (κ3) is 3.13. The Hall–Kier alpha value is -3.28. The lowest BCUT2D eigenvalue weighted by Crippen LogP contribution is -2.36. The van der Waals surface area contributed by atoms with Gasteiger partial charge >= 0.3 is 11.8 Å². The van der Waals surface area contributed by atoms with Crippen molar-refractivity contribution in [3.05, 3.63) is 64.7 Å². The lowest BCUT2D eigenvalue weighted by molar-refractivity contribution is -0.136. The van der Waals surface area contributed by atoms with Crippen molar-refractivity contribution in [2.75, 3.05) is 11.9 Å². The summed E-state index contributed by atoms with van der Waals surface area (Å²) in [5, 5.41) is 4.97. The number of carbonyl (C=O) groups excluding carboxylic acids is 4. The number of ketones is 2. The van der Waals surface area contributed by atoms with Crippen LogP contribution in [-0.4, -0.2) is 29.9 Å². The summed E-state index contributed by atoms with van der Waals surface area (Å²) in [7, 11) is 0. The first-order valence-electron chi connectivity index (χ1n) is 8.45. The van der Waals surface area contributed by atoms with Gasteiger partial charge in [-0.15, -0.1) is 0 Å². The molecule has 0 radical (unpaired) electrons. The number of nitrogens with one attached hydrogen (secondary N) is 2. The summed E-state index contributed by atoms with van der Waals surface area (Å²) in [4.78, 5) is 49.5. The molecule has 6 heteroatoms. The molecule has 0 aromatic heterocycles. The van der Waals surface area contributed by atoms with Crippen LogP contribution in [0.4, 0.5) is 5.69 Å². The molecule has 2 aromatic carbocycles. The molecule has 0 fully saturated rings. The van der Waals surface area contributed by atoms with E-state index in [0.717, 1.165) is 12.8 Å². The second-order valence-electron chi connectivity index (χ2n) is 6.00. The Labute approximate surface area is 150 Å². The Kier molecular flexibility index (Phi) is 4.93. The fourth-order valence-corrected chi connectivity index (χ4v) is 2.89. The highest BCUT2D eigenvalue weighted by Gasteiger charge is 2.32. The SMILES string of the molecule is CCCCNC(=O)C(=O)Nc1cccc2c1C(=O)c1ccccc1C2=O. The van der Waals surface area contributed by atoms with Gasteiger partial charge in [0.2, 0.25) is 0 Å². The fourth-order valence-electron chi connectivity index (χ4n) is 2.89. The highest BCUT2D eigenvalue weighted by atomic mass is 16.2. The number of carbonyl (C=O) groups is 4. The van der Waals surface area contributed by atoms with Crippen LogP contribution >= 0.6 is 0 Å². The molecule has 1 aliphatic rings. The summed E-state index contributed by atoms with van der Waals surface area (Å²) >= 11 is 0. The lowest BCUT2D eigenvalue weighted by Gasteiger charge is -2.20. The average molecular weight is 350 g/mol. The summed E-state index contributed by atoms with van der Waals surface area (Å²) < 4.78 is 0. The number of amides is 2. The first kappa shape index (κ1) is 17.5. The third-order valence-corrected chi connectivity index (χ3v) is 4.22. The molecule has 0 saturated heterocycles. The number of hydrogen-bond acceptors (Lipinski definition) is 4. The van der Waals surface area contributed by atoms with Gasteiger partial charge in [0, 0.05) is 23.2 Å². The highest BCUT2D eigenvalue weighted by Crippen LogP contribution is 2.31. The van der Waals surface area contributed by atoms with Crippen molar-refractivity contribution < 1.29 is 19.2 Å². The number of hydrogen-bond donors (Lipinski definition) is 2. The van der Waals surface area contributed by atoms with Crippen LogP contribution in [0.2, 0.25) is 0 Å². The normalized spacial score (nSPS) is 12.2. The van der Waals surface area contributed by atoms with Gasteiger partial charge in [-0.1, -0.05) is 49.7 Å². The van der Waals surface area contributed by atoms with Gasteiger partial charge in [0.15, 0.2) is 11.6 Å². The van der Waals surface area contributed by atoms with E-state index in [1.54, 1.807) is 36.4 Å². The van der Waals surface area contributed by atoms with Crippen LogP contribution in [0.1, 0.15) is 51.6 Å². The van der Waals surface area contributed by atoms with Gasteiger partial charge < -0.3 is 10.6 Å². The quantitative estimate of drug-likeness (QED) is 0.558. The number of anilines is 1. The van der Waals surface area contributed by atoms with Gasteiger partial charge in [0.25, 0.3) is 0 Å². The molecule has 132 valence electrons. The number of unbranched alkanes of at least 4 members (excludes halogenated alkanes) is 1. The molecular formula is C20H18N2O4. The van der Waals surface area contributed by atoms with E-state index in [0.29, 0.717) is 17.7 Å². The molecule has 0 spiro atoms. The smallest absolute Gasteiger partial charge is 0.313 e. The minimum atomic E-state index is -0.867. The second kappa shape index (κ2) is 7.31. The maximum atomic E-state index is 12.8. The molecule has 0 aliphatic heterocycles. The van der Waals surface area contributed by atoms with Crippen LogP contribution in [0.3, 0.4) is 0 Å². The van der Waals surface area contributed by atoms with Crippen LogP contribution in [0.5, 0.6) is 0 Å². The zero-order chi connectivity index (χ0) is 18.7. The van der Waals surface area contributed by atoms with Crippen LogP contribution < -0.4 is 10.6 Å². The summed E-state index contributed by atoms with van der Waals surface area (Å²) in [5.41, 5.74) is 1.12. The molecule has 2 aromatic rings. The molecule has 6 nitrogen and oxygen atoms in total. The Morgan fingerprint density at radius 1 is 0.846 bits per heavy atom. The molecule has 0 bridgehead atoms. The maximum absolute atomic E-state index is 12.8. The first-order valence-corrected chi connectivity index (χ1v) is 8.45. The lowest BCUT2D eigenvalue weighted by atomic mass is 9.83. The molecule has 1 aliphatic carbocycles. The molecule has 26 heavy (non-hydrogen) atoms. The van der Waals surface area contributed by atoms with E-state index in [1.807, 2.05) is 6.92 Å². The van der Waals surface area contributed by atoms with Crippen molar-refractivity contribution in [3.63, 3.8) is 0 Å². The number of benzene rings is 2. The van der Waals surface area contributed by atoms with E-state index in [2.05, 4.69) is 10.6 Å².